The molecule has 0 saturated heterocycles. The molecule has 1 N–H and O–H groups in total. The van der Waals surface area contributed by atoms with Crippen molar-refractivity contribution in [1.29, 1.82) is 0 Å². The highest BCUT2D eigenvalue weighted by Crippen LogP contribution is 2.29. The molecule has 9 heteroatoms. The fraction of sp³-hybridized carbons (Fsp3) is 0.308. The Bertz CT molecular complexity index is 637. The Hall–Kier alpha value is -2.22. The number of anilines is 1. The number of carbonyl (C=O) groups excluding carboxylic acids is 2. The predicted molar refractivity (Wildman–Crippen MR) is 76.2 cm³/mol. The lowest BCUT2D eigenvalue weighted by atomic mass is 10.1. The zero-order valence-electron chi connectivity index (χ0n) is 11.5. The summed E-state index contributed by atoms with van der Waals surface area (Å²) in [6.07, 6.45) is 0.431. The molecule has 1 aromatic carbocycles. The molecule has 1 aromatic rings. The van der Waals surface area contributed by atoms with Crippen molar-refractivity contribution in [1.82, 2.24) is 5.01 Å². The van der Waals surface area contributed by atoms with Crippen LogP contribution >= 0.6 is 11.6 Å². The molecule has 0 spiro atoms. The van der Waals surface area contributed by atoms with Crippen LogP contribution in [0.15, 0.2) is 23.3 Å². The van der Waals surface area contributed by atoms with Crippen molar-refractivity contribution in [3.8, 4) is 5.75 Å². The van der Waals surface area contributed by atoms with Crippen molar-refractivity contribution in [3.05, 3.63) is 23.2 Å². The zero-order chi connectivity index (χ0) is 16.3. The van der Waals surface area contributed by atoms with Crippen LogP contribution in [0.5, 0.6) is 5.75 Å². The summed E-state index contributed by atoms with van der Waals surface area (Å²) in [7, 11) is 1.46. The number of alkyl halides is 2. The number of nitrogens with one attached hydrogen (secondary N) is 1. The fourth-order valence-corrected chi connectivity index (χ4v) is 2.03. The maximum absolute atomic E-state index is 12.1. The average molecular weight is 332 g/mol. The van der Waals surface area contributed by atoms with Gasteiger partial charge in [0.15, 0.2) is 0 Å². The highest BCUT2D eigenvalue weighted by atomic mass is 35.5. The van der Waals surface area contributed by atoms with Crippen LogP contribution in [0, 0.1) is 0 Å². The summed E-state index contributed by atoms with van der Waals surface area (Å²) in [6, 6.07) is 3.89. The molecule has 0 aromatic heterocycles. The Balaban J connectivity index is 2.08. The van der Waals surface area contributed by atoms with Crippen molar-refractivity contribution in [2.75, 3.05) is 12.4 Å². The van der Waals surface area contributed by atoms with Crippen LogP contribution in [0.3, 0.4) is 0 Å². The number of rotatable bonds is 4. The Kier molecular flexibility index (Phi) is 4.92. The molecule has 0 unspecified atom stereocenters. The van der Waals surface area contributed by atoms with Crippen molar-refractivity contribution >= 4 is 34.8 Å². The minimum Gasteiger partial charge on any atom is -0.433 e. The van der Waals surface area contributed by atoms with E-state index in [0.717, 1.165) is 5.01 Å². The van der Waals surface area contributed by atoms with Crippen molar-refractivity contribution in [2.45, 2.75) is 19.5 Å². The summed E-state index contributed by atoms with van der Waals surface area (Å²) in [5.74, 6) is -0.846. The second kappa shape index (κ2) is 6.69. The van der Waals surface area contributed by atoms with Crippen LogP contribution in [0.4, 0.5) is 14.5 Å². The first kappa shape index (κ1) is 16.2. The van der Waals surface area contributed by atoms with Gasteiger partial charge in [0.1, 0.15) is 11.5 Å². The molecule has 1 aliphatic heterocycles. The minimum atomic E-state index is -2.98. The summed E-state index contributed by atoms with van der Waals surface area (Å²) in [4.78, 5) is 23.3. The summed E-state index contributed by atoms with van der Waals surface area (Å²) >= 11 is 5.79. The lowest BCUT2D eigenvalue weighted by Crippen LogP contribution is -2.34. The van der Waals surface area contributed by atoms with Gasteiger partial charge in [0, 0.05) is 25.6 Å². The van der Waals surface area contributed by atoms with Crippen LogP contribution in [0.25, 0.3) is 0 Å². The molecule has 1 heterocycles. The summed E-state index contributed by atoms with van der Waals surface area (Å²) < 4.78 is 28.4. The number of amides is 2. The minimum absolute atomic E-state index is 0.0593. The number of hydrogen-bond donors (Lipinski definition) is 1. The van der Waals surface area contributed by atoms with E-state index in [2.05, 4.69) is 15.2 Å². The van der Waals surface area contributed by atoms with E-state index in [-0.39, 0.29) is 35.2 Å². The number of hydrogen-bond acceptors (Lipinski definition) is 4. The Morgan fingerprint density at radius 1 is 1.45 bits per heavy atom. The van der Waals surface area contributed by atoms with E-state index in [1.54, 1.807) is 0 Å². The molecule has 22 heavy (non-hydrogen) atoms. The molecule has 0 bridgehead atoms. The van der Waals surface area contributed by atoms with Gasteiger partial charge in [0.25, 0.3) is 5.91 Å². The van der Waals surface area contributed by atoms with Gasteiger partial charge in [0.05, 0.1) is 5.02 Å². The lowest BCUT2D eigenvalue weighted by molar-refractivity contribution is -0.130. The fourth-order valence-electron chi connectivity index (χ4n) is 1.81. The molecule has 118 valence electrons. The number of halogens is 3. The van der Waals surface area contributed by atoms with Crippen molar-refractivity contribution in [2.24, 2.45) is 5.10 Å². The van der Waals surface area contributed by atoms with Gasteiger partial charge in [-0.3, -0.25) is 9.59 Å². The van der Waals surface area contributed by atoms with E-state index < -0.39 is 12.5 Å². The SMILES string of the molecule is CN1N=C(C(=O)Nc2ccc(OC(F)F)c(Cl)c2)CCC1=O. The van der Waals surface area contributed by atoms with Gasteiger partial charge in [-0.1, -0.05) is 11.6 Å². The number of nitrogens with zero attached hydrogens (tertiary/aromatic N) is 2. The van der Waals surface area contributed by atoms with Crippen molar-refractivity contribution in [3.63, 3.8) is 0 Å². The second-order valence-electron chi connectivity index (χ2n) is 4.44. The molecule has 2 amide bonds. The van der Waals surface area contributed by atoms with E-state index in [1.165, 1.54) is 25.2 Å². The van der Waals surface area contributed by atoms with E-state index in [0.29, 0.717) is 5.69 Å². The third-order valence-corrected chi connectivity index (χ3v) is 3.17. The maximum Gasteiger partial charge on any atom is 0.387 e. The van der Waals surface area contributed by atoms with Gasteiger partial charge in [-0.25, -0.2) is 5.01 Å². The van der Waals surface area contributed by atoms with Gasteiger partial charge in [-0.2, -0.15) is 13.9 Å². The van der Waals surface area contributed by atoms with Crippen molar-refractivity contribution < 1.29 is 23.1 Å². The topological polar surface area (TPSA) is 71.0 Å². The number of hydrazone groups is 1. The molecule has 1 aliphatic rings. The van der Waals surface area contributed by atoms with Gasteiger partial charge in [-0.05, 0) is 18.2 Å². The van der Waals surface area contributed by atoms with Crippen LogP contribution in [-0.2, 0) is 9.59 Å². The molecule has 0 fully saturated rings. The van der Waals surface area contributed by atoms with Crippen LogP contribution in [0.2, 0.25) is 5.02 Å². The molecule has 0 saturated carbocycles. The third kappa shape index (κ3) is 3.91. The molecular formula is C13H12ClF2N3O3. The molecular weight excluding hydrogens is 320 g/mol. The molecule has 0 atom stereocenters. The molecule has 6 nitrogen and oxygen atoms in total. The number of ether oxygens (including phenoxy) is 1. The first-order valence-electron chi connectivity index (χ1n) is 6.26. The van der Waals surface area contributed by atoms with Crippen LogP contribution in [0.1, 0.15) is 12.8 Å². The first-order chi connectivity index (χ1) is 10.4. The summed E-state index contributed by atoms with van der Waals surface area (Å²) in [5.41, 5.74) is 0.505. The zero-order valence-corrected chi connectivity index (χ0v) is 12.2. The molecule has 0 aliphatic carbocycles. The average Bonchev–Trinajstić information content (AvgIpc) is 2.44. The van der Waals surface area contributed by atoms with Gasteiger partial charge in [-0.15, -0.1) is 0 Å². The van der Waals surface area contributed by atoms with E-state index in [4.69, 9.17) is 11.6 Å². The molecule has 2 rings (SSSR count). The quantitative estimate of drug-likeness (QED) is 0.921. The molecule has 0 radical (unpaired) electrons. The first-order valence-corrected chi connectivity index (χ1v) is 6.64. The highest BCUT2D eigenvalue weighted by molar-refractivity contribution is 6.43. The van der Waals surface area contributed by atoms with E-state index in [1.807, 2.05) is 0 Å². The normalized spacial score (nSPS) is 14.9. The largest absolute Gasteiger partial charge is 0.433 e. The van der Waals surface area contributed by atoms with Gasteiger partial charge >= 0.3 is 6.61 Å². The summed E-state index contributed by atoms with van der Waals surface area (Å²) in [6.45, 7) is -2.98. The van der Waals surface area contributed by atoms with Crippen LogP contribution in [-0.4, -0.2) is 36.2 Å². The van der Waals surface area contributed by atoms with Gasteiger partial charge < -0.3 is 10.1 Å². The predicted octanol–water partition coefficient (Wildman–Crippen LogP) is 2.49. The second-order valence-corrected chi connectivity index (χ2v) is 4.85. The monoisotopic (exact) mass is 331 g/mol. The van der Waals surface area contributed by atoms with E-state index in [9.17, 15) is 18.4 Å². The Labute approximate surface area is 129 Å². The summed E-state index contributed by atoms with van der Waals surface area (Å²) in [5, 5.41) is 7.45. The van der Waals surface area contributed by atoms with E-state index >= 15 is 0 Å². The standard InChI is InChI=1S/C13H12ClF2N3O3/c1-19-11(20)5-3-9(18-19)12(21)17-7-2-4-10(8(14)6-7)22-13(15)16/h2,4,6,13H,3,5H2,1H3,(H,17,21). The third-order valence-electron chi connectivity index (χ3n) is 2.88. The number of carbonyl (C=O) groups is 2. The van der Waals surface area contributed by atoms with Crippen LogP contribution < -0.4 is 10.1 Å². The maximum atomic E-state index is 12.1. The number of benzene rings is 1. The lowest BCUT2D eigenvalue weighted by Gasteiger charge is -2.19. The van der Waals surface area contributed by atoms with Gasteiger partial charge in [0.2, 0.25) is 5.91 Å². The Morgan fingerprint density at radius 3 is 2.77 bits per heavy atom. The smallest absolute Gasteiger partial charge is 0.387 e. The Morgan fingerprint density at radius 2 is 2.18 bits per heavy atom. The highest BCUT2D eigenvalue weighted by Gasteiger charge is 2.22.